The van der Waals surface area contributed by atoms with Crippen LogP contribution in [0.3, 0.4) is 0 Å². The maximum atomic E-state index is 14.9. The maximum absolute atomic E-state index is 14.9. The predicted molar refractivity (Wildman–Crippen MR) is 212 cm³/mol. The van der Waals surface area contributed by atoms with Crippen LogP contribution in [0.2, 0.25) is 0 Å². The zero-order valence-electron chi connectivity index (χ0n) is 30.3. The molecule has 7 nitrogen and oxygen atoms in total. The molecule has 6 aromatic rings. The highest BCUT2D eigenvalue weighted by molar-refractivity contribution is 5.95. The summed E-state index contributed by atoms with van der Waals surface area (Å²) in [6.07, 6.45) is 6.33. The van der Waals surface area contributed by atoms with Crippen molar-refractivity contribution in [2.75, 3.05) is 11.9 Å². The molecule has 2 fully saturated rings. The lowest BCUT2D eigenvalue weighted by Crippen LogP contribution is -2.50. The van der Waals surface area contributed by atoms with E-state index in [1.165, 1.54) is 0 Å². The largest absolute Gasteiger partial charge is 0.376 e. The van der Waals surface area contributed by atoms with Crippen LogP contribution in [0.25, 0.3) is 0 Å². The van der Waals surface area contributed by atoms with E-state index in [9.17, 15) is 9.59 Å². The standard InChI is InChI=1S/C47H45N5O2/c53-45(33-17-5-1-6-18-33)50-41-28-16-14-26-38(41)46(54)51-32-30-39-43(49-40-27-15-13-25-37(40)44(39)51)42-29-31-48-52(42)47(34-19-7-2-8-20-34,35-21-9-3-10-22-35)36-23-11-4-12-24-36/h1-13,15,17-25,27,29,31,38-39,41,43-44,49H,14,16,26,28,30,32H2,(H,50,53)/t38-,39?,41+,43?,44?/m0/s1. The minimum Gasteiger partial charge on any atom is -0.376 e. The number of hydrogen-bond donors (Lipinski definition) is 2. The number of aromatic nitrogens is 2. The fourth-order valence-corrected chi connectivity index (χ4v) is 9.65. The molecule has 54 heavy (non-hydrogen) atoms. The third-order valence-corrected chi connectivity index (χ3v) is 12.1. The van der Waals surface area contributed by atoms with Gasteiger partial charge in [-0.2, -0.15) is 5.10 Å². The number of rotatable bonds is 8. The summed E-state index contributed by atoms with van der Waals surface area (Å²) in [6.45, 7) is 0.659. The van der Waals surface area contributed by atoms with Gasteiger partial charge >= 0.3 is 0 Å². The Kier molecular flexibility index (Phi) is 9.07. The number of anilines is 1. The third-order valence-electron chi connectivity index (χ3n) is 12.1. The highest BCUT2D eigenvalue weighted by Gasteiger charge is 2.51. The molecular formula is C47H45N5O2. The summed E-state index contributed by atoms with van der Waals surface area (Å²) in [7, 11) is 0. The predicted octanol–water partition coefficient (Wildman–Crippen LogP) is 8.77. The average Bonchev–Trinajstić information content (AvgIpc) is 3.92. The van der Waals surface area contributed by atoms with E-state index >= 15 is 0 Å². The number of nitrogens with one attached hydrogen (secondary N) is 2. The van der Waals surface area contributed by atoms with Crippen molar-refractivity contribution in [3.8, 4) is 0 Å². The Bertz CT molecular complexity index is 2130. The maximum Gasteiger partial charge on any atom is 0.251 e. The third kappa shape index (κ3) is 5.79. The van der Waals surface area contributed by atoms with Crippen LogP contribution in [0.15, 0.2) is 158 Å². The van der Waals surface area contributed by atoms with E-state index < -0.39 is 5.54 Å². The van der Waals surface area contributed by atoms with Crippen LogP contribution in [0.1, 0.15) is 82.5 Å². The van der Waals surface area contributed by atoms with E-state index in [2.05, 4.69) is 142 Å². The Morgan fingerprint density at radius 1 is 0.667 bits per heavy atom. The zero-order chi connectivity index (χ0) is 36.5. The number of amides is 2. The molecule has 5 aromatic carbocycles. The molecule has 0 spiro atoms. The van der Waals surface area contributed by atoms with Crippen LogP contribution >= 0.6 is 0 Å². The summed E-state index contributed by atoms with van der Waals surface area (Å²) in [5.41, 5.74) is 6.46. The van der Waals surface area contributed by atoms with Crippen molar-refractivity contribution in [3.63, 3.8) is 0 Å². The molecule has 7 heteroatoms. The van der Waals surface area contributed by atoms with Gasteiger partial charge in [0.05, 0.1) is 23.7 Å². The minimum absolute atomic E-state index is 0.0975. The SMILES string of the molecule is O=C(N[C@@H]1CCCC[C@@H]1C(=O)N1CCC2C(c3ccnn3C(c3ccccc3)(c3ccccc3)c3ccccc3)Nc3ccccc3C21)c1ccccc1. The number of carbonyl (C=O) groups excluding carboxylic acids is 2. The Morgan fingerprint density at radius 2 is 1.24 bits per heavy atom. The number of carbonyl (C=O) groups is 2. The highest BCUT2D eigenvalue weighted by atomic mass is 16.2. The summed E-state index contributed by atoms with van der Waals surface area (Å²) in [6, 6.07) is 51.5. The van der Waals surface area contributed by atoms with Gasteiger partial charge in [-0.15, -0.1) is 0 Å². The van der Waals surface area contributed by atoms with Crippen LogP contribution in [0, 0.1) is 11.8 Å². The van der Waals surface area contributed by atoms with Gasteiger partial charge in [-0.25, -0.2) is 4.68 Å². The lowest BCUT2D eigenvalue weighted by atomic mass is 9.76. The van der Waals surface area contributed by atoms with Gasteiger partial charge in [0, 0.05) is 36.0 Å². The topological polar surface area (TPSA) is 79.3 Å². The van der Waals surface area contributed by atoms with Gasteiger partial charge in [0.25, 0.3) is 5.91 Å². The van der Waals surface area contributed by atoms with Gasteiger partial charge in [-0.3, -0.25) is 9.59 Å². The number of hydrogen-bond acceptors (Lipinski definition) is 4. The second-order valence-corrected chi connectivity index (χ2v) is 15.0. The Balaban J connectivity index is 1.12. The second-order valence-electron chi connectivity index (χ2n) is 15.0. The van der Waals surface area contributed by atoms with Gasteiger partial charge in [-0.05, 0) is 65.8 Å². The quantitative estimate of drug-likeness (QED) is 0.155. The molecule has 2 N–H and O–H groups in total. The second kappa shape index (κ2) is 14.5. The number of para-hydroxylation sites is 1. The Hall–Kier alpha value is -5.95. The first-order chi connectivity index (χ1) is 26.6. The van der Waals surface area contributed by atoms with Gasteiger partial charge in [0.1, 0.15) is 5.54 Å². The van der Waals surface area contributed by atoms with Gasteiger partial charge in [0.15, 0.2) is 0 Å². The van der Waals surface area contributed by atoms with Crippen molar-refractivity contribution >= 4 is 17.5 Å². The normalized spacial score (nSPS) is 22.1. The van der Waals surface area contributed by atoms with E-state index in [4.69, 9.17) is 5.10 Å². The monoisotopic (exact) mass is 711 g/mol. The molecular weight excluding hydrogens is 667 g/mol. The molecule has 3 unspecified atom stereocenters. The number of likely N-dealkylation sites (tertiary alicyclic amines) is 1. The highest BCUT2D eigenvalue weighted by Crippen LogP contribution is 2.53. The molecule has 1 saturated heterocycles. The van der Waals surface area contributed by atoms with Crippen LogP contribution in [-0.2, 0) is 10.3 Å². The van der Waals surface area contributed by atoms with Crippen molar-refractivity contribution in [1.29, 1.82) is 0 Å². The number of benzene rings is 5. The number of fused-ring (bicyclic) bond motifs is 3. The van der Waals surface area contributed by atoms with E-state index in [-0.39, 0.29) is 41.8 Å². The van der Waals surface area contributed by atoms with Gasteiger partial charge in [-0.1, -0.05) is 140 Å². The van der Waals surface area contributed by atoms with E-state index in [0.717, 1.165) is 65.7 Å². The smallest absolute Gasteiger partial charge is 0.251 e. The molecule has 3 aliphatic rings. The fourth-order valence-electron chi connectivity index (χ4n) is 9.65. The number of nitrogens with zero attached hydrogens (tertiary/aromatic N) is 3. The summed E-state index contributed by atoms with van der Waals surface area (Å²) in [4.78, 5) is 30.4. The molecule has 2 amide bonds. The zero-order valence-corrected chi connectivity index (χ0v) is 30.3. The summed E-state index contributed by atoms with van der Waals surface area (Å²) >= 11 is 0. The molecule has 1 aromatic heterocycles. The van der Waals surface area contributed by atoms with Crippen LogP contribution in [0.4, 0.5) is 5.69 Å². The molecule has 5 atom stereocenters. The van der Waals surface area contributed by atoms with Crippen LogP contribution < -0.4 is 10.6 Å². The molecule has 2 aliphatic heterocycles. The van der Waals surface area contributed by atoms with E-state index in [0.29, 0.717) is 12.1 Å². The van der Waals surface area contributed by atoms with Crippen molar-refractivity contribution in [3.05, 3.63) is 191 Å². The van der Waals surface area contributed by atoms with E-state index in [1.54, 1.807) is 0 Å². The van der Waals surface area contributed by atoms with Crippen molar-refractivity contribution in [2.24, 2.45) is 11.8 Å². The van der Waals surface area contributed by atoms with Crippen LogP contribution in [-0.4, -0.2) is 39.1 Å². The first kappa shape index (κ1) is 33.9. The summed E-state index contributed by atoms with van der Waals surface area (Å²) in [5.74, 6) is -0.131. The molecule has 3 heterocycles. The molecule has 270 valence electrons. The van der Waals surface area contributed by atoms with Crippen molar-refractivity contribution in [2.45, 2.75) is 55.8 Å². The van der Waals surface area contributed by atoms with Crippen molar-refractivity contribution in [1.82, 2.24) is 20.0 Å². The summed E-state index contributed by atoms with van der Waals surface area (Å²) < 4.78 is 2.23. The first-order valence-corrected chi connectivity index (χ1v) is 19.4. The van der Waals surface area contributed by atoms with E-state index in [1.807, 2.05) is 36.5 Å². The molecule has 0 radical (unpaired) electrons. The van der Waals surface area contributed by atoms with Crippen LogP contribution in [0.5, 0.6) is 0 Å². The van der Waals surface area contributed by atoms with Gasteiger partial charge in [0.2, 0.25) is 5.91 Å². The van der Waals surface area contributed by atoms with Crippen molar-refractivity contribution < 1.29 is 9.59 Å². The lowest BCUT2D eigenvalue weighted by Gasteiger charge is -2.44. The lowest BCUT2D eigenvalue weighted by molar-refractivity contribution is -0.138. The molecule has 0 bridgehead atoms. The summed E-state index contributed by atoms with van der Waals surface area (Å²) in [5, 5.41) is 12.5. The first-order valence-electron chi connectivity index (χ1n) is 19.4. The van der Waals surface area contributed by atoms with Gasteiger partial charge < -0.3 is 15.5 Å². The Labute approximate surface area is 317 Å². The molecule has 1 saturated carbocycles. The Morgan fingerprint density at radius 3 is 1.89 bits per heavy atom. The molecule has 1 aliphatic carbocycles. The molecule has 9 rings (SSSR count). The average molecular weight is 712 g/mol. The minimum atomic E-state index is -0.767. The fraction of sp³-hybridized carbons (Fsp3) is 0.255.